The van der Waals surface area contributed by atoms with Crippen LogP contribution in [0.4, 0.5) is 0 Å². The molecular formula is C19H26N2O2S. The van der Waals surface area contributed by atoms with Crippen molar-refractivity contribution in [2.75, 3.05) is 18.6 Å². The average molecular weight is 346 g/mol. The van der Waals surface area contributed by atoms with Gasteiger partial charge in [0.2, 0.25) is 5.91 Å². The molecule has 130 valence electrons. The van der Waals surface area contributed by atoms with Crippen molar-refractivity contribution in [1.29, 1.82) is 0 Å². The zero-order valence-electron chi connectivity index (χ0n) is 14.8. The Morgan fingerprint density at radius 2 is 1.88 bits per heavy atom. The molecule has 0 radical (unpaired) electrons. The van der Waals surface area contributed by atoms with Crippen LogP contribution < -0.4 is 10.6 Å². The Balaban J connectivity index is 2.79. The lowest BCUT2D eigenvalue weighted by atomic mass is 9.86. The van der Waals surface area contributed by atoms with E-state index in [2.05, 4.69) is 37.3 Å². The molecule has 0 saturated heterocycles. The Hall–Kier alpha value is -1.93. The molecule has 0 fully saturated rings. The van der Waals surface area contributed by atoms with Gasteiger partial charge in [-0.15, -0.1) is 6.42 Å². The fourth-order valence-corrected chi connectivity index (χ4v) is 2.60. The van der Waals surface area contributed by atoms with Gasteiger partial charge in [0.1, 0.15) is 6.04 Å². The maximum absolute atomic E-state index is 12.4. The molecule has 0 aliphatic heterocycles. The van der Waals surface area contributed by atoms with Crippen LogP contribution in [0.3, 0.4) is 0 Å². The molecule has 1 aromatic rings. The van der Waals surface area contributed by atoms with E-state index in [1.807, 2.05) is 18.4 Å². The molecule has 0 bridgehead atoms. The van der Waals surface area contributed by atoms with E-state index < -0.39 is 6.04 Å². The second-order valence-corrected chi connectivity index (χ2v) is 7.54. The van der Waals surface area contributed by atoms with Gasteiger partial charge in [-0.25, -0.2) is 0 Å². The maximum Gasteiger partial charge on any atom is 0.251 e. The summed E-state index contributed by atoms with van der Waals surface area (Å²) in [4.78, 5) is 24.5. The highest BCUT2D eigenvalue weighted by molar-refractivity contribution is 7.98. The maximum atomic E-state index is 12.4. The zero-order valence-corrected chi connectivity index (χ0v) is 15.6. The molecule has 2 amide bonds. The van der Waals surface area contributed by atoms with Crippen molar-refractivity contribution >= 4 is 23.6 Å². The zero-order chi connectivity index (χ0) is 18.2. The van der Waals surface area contributed by atoms with Crippen LogP contribution in [0.2, 0.25) is 0 Å². The Bertz CT molecular complexity index is 597. The third-order valence-electron chi connectivity index (χ3n) is 3.61. The topological polar surface area (TPSA) is 58.2 Å². The number of hydrogen-bond donors (Lipinski definition) is 2. The van der Waals surface area contributed by atoms with E-state index in [9.17, 15) is 9.59 Å². The number of hydrogen-bond acceptors (Lipinski definition) is 3. The van der Waals surface area contributed by atoms with Crippen LogP contribution in [0.5, 0.6) is 0 Å². The molecule has 1 aromatic carbocycles. The minimum absolute atomic E-state index is 0.0327. The SMILES string of the molecule is C#CCNC(=O)C(CCSC)NC(=O)c1ccc(C(C)(C)C)cc1. The van der Waals surface area contributed by atoms with Crippen LogP contribution in [0.25, 0.3) is 0 Å². The lowest BCUT2D eigenvalue weighted by molar-refractivity contribution is -0.122. The molecule has 0 saturated carbocycles. The lowest BCUT2D eigenvalue weighted by Crippen LogP contribution is -2.47. The Morgan fingerprint density at radius 3 is 2.38 bits per heavy atom. The van der Waals surface area contributed by atoms with E-state index in [1.165, 1.54) is 0 Å². The van der Waals surface area contributed by atoms with Crippen molar-refractivity contribution in [1.82, 2.24) is 10.6 Å². The van der Waals surface area contributed by atoms with Crippen LogP contribution in [0.1, 0.15) is 43.1 Å². The number of amides is 2. The molecule has 1 atom stereocenters. The predicted molar refractivity (Wildman–Crippen MR) is 101 cm³/mol. The predicted octanol–water partition coefficient (Wildman–Crippen LogP) is 2.59. The summed E-state index contributed by atoms with van der Waals surface area (Å²) in [7, 11) is 0. The molecule has 0 aliphatic carbocycles. The Labute approximate surface area is 149 Å². The van der Waals surface area contributed by atoms with Crippen molar-refractivity contribution < 1.29 is 9.59 Å². The monoisotopic (exact) mass is 346 g/mol. The van der Waals surface area contributed by atoms with Crippen molar-refractivity contribution in [3.63, 3.8) is 0 Å². The molecule has 0 heterocycles. The van der Waals surface area contributed by atoms with Crippen molar-refractivity contribution in [2.45, 2.75) is 38.6 Å². The van der Waals surface area contributed by atoms with Gasteiger partial charge in [-0.2, -0.15) is 11.8 Å². The minimum atomic E-state index is -0.583. The number of nitrogens with one attached hydrogen (secondary N) is 2. The van der Waals surface area contributed by atoms with Crippen LogP contribution in [0, 0.1) is 12.3 Å². The largest absolute Gasteiger partial charge is 0.343 e. The molecule has 24 heavy (non-hydrogen) atoms. The summed E-state index contributed by atoms with van der Waals surface area (Å²) in [5.41, 5.74) is 1.73. The van der Waals surface area contributed by atoms with E-state index >= 15 is 0 Å². The average Bonchev–Trinajstić information content (AvgIpc) is 2.55. The van der Waals surface area contributed by atoms with Crippen molar-refractivity contribution in [3.05, 3.63) is 35.4 Å². The van der Waals surface area contributed by atoms with Crippen LogP contribution >= 0.6 is 11.8 Å². The third kappa shape index (κ3) is 6.29. The first-order chi connectivity index (χ1) is 11.3. The first kappa shape index (κ1) is 20.1. The molecule has 5 heteroatoms. The third-order valence-corrected chi connectivity index (χ3v) is 4.25. The second-order valence-electron chi connectivity index (χ2n) is 6.56. The van der Waals surface area contributed by atoms with Gasteiger partial charge < -0.3 is 10.6 Å². The fraction of sp³-hybridized carbons (Fsp3) is 0.474. The standard InChI is InChI=1S/C19H26N2O2S/c1-6-12-20-18(23)16(11-13-24-5)21-17(22)14-7-9-15(10-8-14)19(2,3)4/h1,7-10,16H,11-13H2,2-5H3,(H,20,23)(H,21,22). The van der Waals surface area contributed by atoms with Gasteiger partial charge in [0.05, 0.1) is 6.54 Å². The van der Waals surface area contributed by atoms with Crippen LogP contribution in [-0.4, -0.2) is 36.4 Å². The molecule has 0 aliphatic rings. The highest BCUT2D eigenvalue weighted by Crippen LogP contribution is 2.22. The summed E-state index contributed by atoms with van der Waals surface area (Å²) in [6.45, 7) is 6.52. The number of terminal acetylenes is 1. The lowest BCUT2D eigenvalue weighted by Gasteiger charge is -2.20. The minimum Gasteiger partial charge on any atom is -0.343 e. The van der Waals surface area contributed by atoms with E-state index in [0.29, 0.717) is 12.0 Å². The normalized spacial score (nSPS) is 12.1. The molecule has 2 N–H and O–H groups in total. The fourth-order valence-electron chi connectivity index (χ4n) is 2.13. The van der Waals surface area contributed by atoms with Gasteiger partial charge in [-0.3, -0.25) is 9.59 Å². The van der Waals surface area contributed by atoms with E-state index in [0.717, 1.165) is 11.3 Å². The number of rotatable bonds is 7. The first-order valence-corrected chi connectivity index (χ1v) is 9.30. The smallest absolute Gasteiger partial charge is 0.251 e. The molecule has 4 nitrogen and oxygen atoms in total. The highest BCUT2D eigenvalue weighted by Gasteiger charge is 2.21. The summed E-state index contributed by atoms with van der Waals surface area (Å²) in [5, 5.41) is 5.43. The number of thioether (sulfide) groups is 1. The van der Waals surface area contributed by atoms with Gasteiger partial charge in [-0.05, 0) is 41.5 Å². The summed E-state index contributed by atoms with van der Waals surface area (Å²) in [6, 6.07) is 6.90. The first-order valence-electron chi connectivity index (χ1n) is 7.91. The molecule has 1 rings (SSSR count). The van der Waals surface area contributed by atoms with Gasteiger partial charge in [-0.1, -0.05) is 38.8 Å². The summed E-state index contributed by atoms with van der Waals surface area (Å²) >= 11 is 1.63. The number of carbonyl (C=O) groups is 2. The summed E-state index contributed by atoms with van der Waals surface area (Å²) < 4.78 is 0. The van der Waals surface area contributed by atoms with Crippen molar-refractivity contribution in [2.24, 2.45) is 0 Å². The summed E-state index contributed by atoms with van der Waals surface area (Å²) in [5.74, 6) is 2.64. The van der Waals surface area contributed by atoms with Gasteiger partial charge in [0.15, 0.2) is 0 Å². The summed E-state index contributed by atoms with van der Waals surface area (Å²) in [6.07, 6.45) is 7.68. The van der Waals surface area contributed by atoms with Crippen molar-refractivity contribution in [3.8, 4) is 12.3 Å². The second kappa shape index (κ2) is 9.39. The van der Waals surface area contributed by atoms with E-state index in [4.69, 9.17) is 6.42 Å². The van der Waals surface area contributed by atoms with Gasteiger partial charge >= 0.3 is 0 Å². The quantitative estimate of drug-likeness (QED) is 0.746. The Morgan fingerprint density at radius 1 is 1.25 bits per heavy atom. The van der Waals surface area contributed by atoms with Crippen LogP contribution in [-0.2, 0) is 10.2 Å². The van der Waals surface area contributed by atoms with E-state index in [1.54, 1.807) is 23.9 Å². The molecule has 1 unspecified atom stereocenters. The number of benzene rings is 1. The Kier molecular flexibility index (Phi) is 7.87. The van der Waals surface area contributed by atoms with E-state index in [-0.39, 0.29) is 23.8 Å². The molecular weight excluding hydrogens is 320 g/mol. The van der Waals surface area contributed by atoms with Crippen LogP contribution in [0.15, 0.2) is 24.3 Å². The highest BCUT2D eigenvalue weighted by atomic mass is 32.2. The molecule has 0 aromatic heterocycles. The van der Waals surface area contributed by atoms with Gasteiger partial charge in [0, 0.05) is 5.56 Å². The molecule has 0 spiro atoms. The number of carbonyl (C=O) groups excluding carboxylic acids is 2. The van der Waals surface area contributed by atoms with Gasteiger partial charge in [0.25, 0.3) is 5.91 Å².